The molecule has 1 saturated heterocycles. The third-order valence-corrected chi connectivity index (χ3v) is 6.54. The van der Waals surface area contributed by atoms with Crippen molar-refractivity contribution >= 4 is 33.1 Å². The van der Waals surface area contributed by atoms with E-state index in [9.17, 15) is 18.0 Å². The Morgan fingerprint density at radius 1 is 1.21 bits per heavy atom. The summed E-state index contributed by atoms with van der Waals surface area (Å²) in [6, 6.07) is 8.60. The van der Waals surface area contributed by atoms with Gasteiger partial charge in [0.05, 0.1) is 24.7 Å². The van der Waals surface area contributed by atoms with Gasteiger partial charge in [0.25, 0.3) is 5.91 Å². The quantitative estimate of drug-likeness (QED) is 0.680. The number of Topliss-reactive ketones (excluding diaryl/α,β-unsaturated/α-hetero) is 1. The topological polar surface area (TPSA) is 108 Å². The van der Waals surface area contributed by atoms with E-state index in [-0.39, 0.29) is 30.2 Å². The van der Waals surface area contributed by atoms with Crippen molar-refractivity contribution in [3.63, 3.8) is 0 Å². The fourth-order valence-electron chi connectivity index (χ4n) is 3.13. The highest BCUT2D eigenvalue weighted by atomic mass is 32.2. The van der Waals surface area contributed by atoms with Gasteiger partial charge in [0.1, 0.15) is 11.8 Å². The molecule has 1 amide bonds. The van der Waals surface area contributed by atoms with Crippen molar-refractivity contribution in [2.24, 2.45) is 5.10 Å². The number of nitrogens with one attached hydrogen (secondary N) is 1. The number of carbonyl (C=O) groups is 2. The van der Waals surface area contributed by atoms with Gasteiger partial charge in [-0.15, -0.1) is 0 Å². The number of anilines is 1. The number of ketones is 1. The van der Waals surface area contributed by atoms with Crippen molar-refractivity contribution in [3.8, 4) is 0 Å². The second kappa shape index (κ2) is 8.80. The SMILES string of the molecule is CC(=O)C1CC(C(=O)NCCS(=O)(=O)N2CCOCC2)=NN1c1ccccc1. The van der Waals surface area contributed by atoms with E-state index in [0.29, 0.717) is 26.3 Å². The van der Waals surface area contributed by atoms with Crippen LogP contribution in [0.15, 0.2) is 35.4 Å². The maximum absolute atomic E-state index is 12.4. The number of ether oxygens (including phenoxy) is 1. The van der Waals surface area contributed by atoms with Crippen molar-refractivity contribution in [1.82, 2.24) is 9.62 Å². The van der Waals surface area contributed by atoms with E-state index >= 15 is 0 Å². The molecule has 152 valence electrons. The molecular weight excluding hydrogens is 384 g/mol. The second-order valence-electron chi connectivity index (χ2n) is 6.64. The lowest BCUT2D eigenvalue weighted by Crippen LogP contribution is -2.44. The molecule has 1 N–H and O–H groups in total. The molecule has 1 aromatic carbocycles. The number of benzene rings is 1. The van der Waals surface area contributed by atoms with Crippen molar-refractivity contribution < 1.29 is 22.7 Å². The molecule has 1 aromatic rings. The van der Waals surface area contributed by atoms with Crippen LogP contribution in [0.25, 0.3) is 0 Å². The Kier molecular flexibility index (Phi) is 6.42. The smallest absolute Gasteiger partial charge is 0.267 e. The summed E-state index contributed by atoms with van der Waals surface area (Å²) >= 11 is 0. The van der Waals surface area contributed by atoms with Crippen LogP contribution in [0.3, 0.4) is 0 Å². The zero-order valence-electron chi connectivity index (χ0n) is 15.7. The van der Waals surface area contributed by atoms with Gasteiger partial charge in [-0.2, -0.15) is 9.41 Å². The first kappa shape index (κ1) is 20.4. The number of carbonyl (C=O) groups excluding carboxylic acids is 2. The Morgan fingerprint density at radius 3 is 2.54 bits per heavy atom. The molecule has 2 heterocycles. The van der Waals surface area contributed by atoms with Crippen molar-refractivity contribution in [1.29, 1.82) is 0 Å². The fourth-order valence-corrected chi connectivity index (χ4v) is 4.46. The van der Waals surface area contributed by atoms with Crippen molar-refractivity contribution in [2.45, 2.75) is 19.4 Å². The van der Waals surface area contributed by atoms with Crippen LogP contribution in [0.2, 0.25) is 0 Å². The maximum Gasteiger partial charge on any atom is 0.267 e. The summed E-state index contributed by atoms with van der Waals surface area (Å²) in [6.07, 6.45) is 0.187. The summed E-state index contributed by atoms with van der Waals surface area (Å²) in [5, 5.41) is 8.46. The number of amides is 1. The van der Waals surface area contributed by atoms with Gasteiger partial charge in [-0.3, -0.25) is 14.6 Å². The molecule has 0 radical (unpaired) electrons. The van der Waals surface area contributed by atoms with E-state index in [1.807, 2.05) is 30.3 Å². The Labute approximate surface area is 164 Å². The highest BCUT2D eigenvalue weighted by Crippen LogP contribution is 2.24. The average molecular weight is 408 g/mol. The normalized spacial score (nSPS) is 20.7. The van der Waals surface area contributed by atoms with Gasteiger partial charge in [0.2, 0.25) is 10.0 Å². The predicted molar refractivity (Wildman–Crippen MR) is 105 cm³/mol. The lowest BCUT2D eigenvalue weighted by molar-refractivity contribution is -0.118. The zero-order valence-corrected chi connectivity index (χ0v) is 16.5. The van der Waals surface area contributed by atoms with Crippen LogP contribution < -0.4 is 10.3 Å². The van der Waals surface area contributed by atoms with Crippen LogP contribution in [-0.4, -0.2) is 74.8 Å². The van der Waals surface area contributed by atoms with E-state index in [1.165, 1.54) is 11.2 Å². The average Bonchev–Trinajstić information content (AvgIpc) is 3.15. The van der Waals surface area contributed by atoms with Crippen molar-refractivity contribution in [2.75, 3.05) is 43.6 Å². The fraction of sp³-hybridized carbons (Fsp3) is 0.500. The van der Waals surface area contributed by atoms with Gasteiger partial charge in [-0.25, -0.2) is 8.42 Å². The Morgan fingerprint density at radius 2 is 1.89 bits per heavy atom. The molecule has 28 heavy (non-hydrogen) atoms. The van der Waals surface area contributed by atoms with Gasteiger partial charge < -0.3 is 10.1 Å². The van der Waals surface area contributed by atoms with Crippen molar-refractivity contribution in [3.05, 3.63) is 30.3 Å². The van der Waals surface area contributed by atoms with E-state index in [2.05, 4.69) is 10.4 Å². The monoisotopic (exact) mass is 408 g/mol. The third-order valence-electron chi connectivity index (χ3n) is 4.67. The van der Waals surface area contributed by atoms with Crippen LogP contribution in [0.1, 0.15) is 13.3 Å². The van der Waals surface area contributed by atoms with Gasteiger partial charge >= 0.3 is 0 Å². The van der Waals surface area contributed by atoms with E-state index in [4.69, 9.17) is 4.74 Å². The van der Waals surface area contributed by atoms with Gasteiger partial charge in [-0.05, 0) is 19.1 Å². The number of hydrogen-bond donors (Lipinski definition) is 1. The zero-order chi connectivity index (χ0) is 20.1. The maximum atomic E-state index is 12.4. The Bertz CT molecular complexity index is 850. The minimum absolute atomic E-state index is 0.0202. The number of nitrogens with zero attached hydrogens (tertiary/aromatic N) is 3. The molecule has 2 aliphatic rings. The van der Waals surface area contributed by atoms with Crippen LogP contribution in [0.4, 0.5) is 5.69 Å². The molecule has 0 bridgehead atoms. The minimum atomic E-state index is -3.45. The van der Waals surface area contributed by atoms with Crippen LogP contribution >= 0.6 is 0 Å². The standard InChI is InChI=1S/C18H24N4O5S/c1-14(23)17-13-16(20-22(17)15-5-3-2-4-6-15)18(24)19-7-12-28(25,26)21-8-10-27-11-9-21/h2-6,17H,7-13H2,1H3,(H,19,24). The highest BCUT2D eigenvalue weighted by molar-refractivity contribution is 7.89. The highest BCUT2D eigenvalue weighted by Gasteiger charge is 2.34. The third kappa shape index (κ3) is 4.75. The predicted octanol–water partition coefficient (Wildman–Crippen LogP) is -0.0115. The number of hydrazone groups is 1. The Hall–Kier alpha value is -2.30. The molecule has 0 aliphatic carbocycles. The van der Waals surface area contributed by atoms with Gasteiger partial charge in [0, 0.05) is 26.1 Å². The molecule has 2 aliphatic heterocycles. The molecule has 0 spiro atoms. The minimum Gasteiger partial charge on any atom is -0.379 e. The van der Waals surface area contributed by atoms with Gasteiger partial charge in [-0.1, -0.05) is 18.2 Å². The molecule has 10 heteroatoms. The number of morpholine rings is 1. The van der Waals surface area contributed by atoms with Gasteiger partial charge in [0.15, 0.2) is 5.78 Å². The number of sulfonamides is 1. The molecule has 9 nitrogen and oxygen atoms in total. The molecule has 0 saturated carbocycles. The van der Waals surface area contributed by atoms with E-state index in [0.717, 1.165) is 5.69 Å². The summed E-state index contributed by atoms with van der Waals surface area (Å²) < 4.78 is 31.1. The summed E-state index contributed by atoms with van der Waals surface area (Å²) in [7, 11) is -3.45. The summed E-state index contributed by atoms with van der Waals surface area (Å²) in [5.41, 5.74) is 0.938. The van der Waals surface area contributed by atoms with Crippen LogP contribution in [0.5, 0.6) is 0 Å². The largest absolute Gasteiger partial charge is 0.379 e. The first-order chi connectivity index (χ1) is 13.4. The van der Waals surface area contributed by atoms with E-state index in [1.54, 1.807) is 5.01 Å². The Balaban J connectivity index is 1.60. The first-order valence-corrected chi connectivity index (χ1v) is 10.8. The van der Waals surface area contributed by atoms with E-state index < -0.39 is 22.0 Å². The summed E-state index contributed by atoms with van der Waals surface area (Å²) in [6.45, 7) is 2.86. The van der Waals surface area contributed by atoms with Crippen LogP contribution in [0, 0.1) is 0 Å². The first-order valence-electron chi connectivity index (χ1n) is 9.14. The molecule has 1 fully saturated rings. The summed E-state index contributed by atoms with van der Waals surface area (Å²) in [4.78, 5) is 24.4. The molecule has 1 unspecified atom stereocenters. The molecule has 3 rings (SSSR count). The van der Waals surface area contributed by atoms with Crippen LogP contribution in [-0.2, 0) is 24.3 Å². The molecule has 0 aromatic heterocycles. The molecular formula is C18H24N4O5S. The lowest BCUT2D eigenvalue weighted by atomic mass is 10.1. The number of para-hydroxylation sites is 1. The number of rotatable bonds is 7. The second-order valence-corrected chi connectivity index (χ2v) is 8.73. The summed E-state index contributed by atoms with van der Waals surface area (Å²) in [5.74, 6) is -0.739. The number of hydrogen-bond acceptors (Lipinski definition) is 7. The lowest BCUT2D eigenvalue weighted by Gasteiger charge is -2.26. The molecule has 1 atom stereocenters.